The number of nitrogens with zero attached hydrogens (tertiary/aromatic N) is 1. The van der Waals surface area contributed by atoms with Crippen molar-refractivity contribution in [2.45, 2.75) is 71.2 Å². The Labute approximate surface area is 123 Å². The maximum Gasteiger partial charge on any atom is 0.410 e. The van der Waals surface area contributed by atoms with Gasteiger partial charge in [-0.15, -0.1) is 0 Å². The molecule has 118 valence electrons. The van der Waals surface area contributed by atoms with Crippen LogP contribution in [0.25, 0.3) is 0 Å². The predicted molar refractivity (Wildman–Crippen MR) is 79.9 cm³/mol. The smallest absolute Gasteiger partial charge is 0.410 e. The molecule has 20 heavy (non-hydrogen) atoms. The number of amides is 1. The molecule has 0 aromatic heterocycles. The van der Waals surface area contributed by atoms with Gasteiger partial charge >= 0.3 is 6.09 Å². The zero-order chi connectivity index (χ0) is 15.3. The van der Waals surface area contributed by atoms with Crippen LogP contribution >= 0.6 is 0 Å². The fourth-order valence-electron chi connectivity index (χ4n) is 2.30. The number of hydrogen-bond donors (Lipinski definition) is 1. The molecule has 3 unspecified atom stereocenters. The number of nitrogens with one attached hydrogen (secondary N) is 1. The van der Waals surface area contributed by atoms with Crippen molar-refractivity contribution in [3.8, 4) is 0 Å². The summed E-state index contributed by atoms with van der Waals surface area (Å²) in [6, 6.07) is 0.484. The van der Waals surface area contributed by atoms with Gasteiger partial charge in [0.2, 0.25) is 0 Å². The number of hydrogen-bond acceptors (Lipinski definition) is 4. The summed E-state index contributed by atoms with van der Waals surface area (Å²) in [7, 11) is 1.71. The summed E-state index contributed by atoms with van der Waals surface area (Å²) in [5.74, 6) is 0. The van der Waals surface area contributed by atoms with Gasteiger partial charge in [0.25, 0.3) is 0 Å². The summed E-state index contributed by atoms with van der Waals surface area (Å²) in [4.78, 5) is 14.0. The molecule has 0 bridgehead atoms. The van der Waals surface area contributed by atoms with Crippen LogP contribution < -0.4 is 5.32 Å². The lowest BCUT2D eigenvalue weighted by Crippen LogP contribution is -2.47. The Morgan fingerprint density at radius 1 is 1.40 bits per heavy atom. The van der Waals surface area contributed by atoms with Gasteiger partial charge in [-0.3, -0.25) is 0 Å². The van der Waals surface area contributed by atoms with E-state index in [1.165, 1.54) is 0 Å². The molecule has 0 aromatic carbocycles. The third-order valence-corrected chi connectivity index (χ3v) is 3.76. The largest absolute Gasteiger partial charge is 0.444 e. The molecule has 1 rings (SSSR count). The molecule has 5 nitrogen and oxygen atoms in total. The van der Waals surface area contributed by atoms with Crippen molar-refractivity contribution in [1.82, 2.24) is 10.2 Å². The third-order valence-electron chi connectivity index (χ3n) is 3.76. The molecular weight excluding hydrogens is 256 g/mol. The molecule has 1 aliphatic heterocycles. The molecule has 3 atom stereocenters. The van der Waals surface area contributed by atoms with Gasteiger partial charge in [0.15, 0.2) is 0 Å². The van der Waals surface area contributed by atoms with E-state index < -0.39 is 5.60 Å². The summed E-state index contributed by atoms with van der Waals surface area (Å²) < 4.78 is 10.8. The van der Waals surface area contributed by atoms with Crippen molar-refractivity contribution in [1.29, 1.82) is 0 Å². The van der Waals surface area contributed by atoms with Crippen LogP contribution in [-0.2, 0) is 9.47 Å². The van der Waals surface area contributed by atoms with E-state index in [0.717, 1.165) is 25.9 Å². The van der Waals surface area contributed by atoms with Crippen LogP contribution in [0.5, 0.6) is 0 Å². The second kappa shape index (κ2) is 7.27. The van der Waals surface area contributed by atoms with Gasteiger partial charge in [0.05, 0.1) is 6.10 Å². The Morgan fingerprint density at radius 2 is 2.05 bits per heavy atom. The van der Waals surface area contributed by atoms with Gasteiger partial charge in [0.1, 0.15) is 5.60 Å². The number of likely N-dealkylation sites (tertiary alicyclic amines) is 1. The van der Waals surface area contributed by atoms with Crippen molar-refractivity contribution in [3.05, 3.63) is 0 Å². The van der Waals surface area contributed by atoms with Crippen LogP contribution in [0.2, 0.25) is 0 Å². The first-order chi connectivity index (χ1) is 9.24. The van der Waals surface area contributed by atoms with E-state index in [1.54, 1.807) is 7.11 Å². The Kier molecular flexibility index (Phi) is 6.27. The topological polar surface area (TPSA) is 50.8 Å². The number of rotatable bonds is 5. The lowest BCUT2D eigenvalue weighted by molar-refractivity contribution is 0.0218. The van der Waals surface area contributed by atoms with E-state index in [1.807, 2.05) is 32.6 Å². The molecule has 1 N–H and O–H groups in total. The number of methoxy groups -OCH3 is 1. The molecule has 0 aliphatic carbocycles. The summed E-state index contributed by atoms with van der Waals surface area (Å²) >= 11 is 0. The minimum Gasteiger partial charge on any atom is -0.444 e. The molecule has 1 amide bonds. The standard InChI is InChI=1S/C15H30N2O3/c1-11(12(2)19-6)16-10-13-8-7-9-17(13)14(18)20-15(3,4)5/h11-13,16H,7-10H2,1-6H3. The van der Waals surface area contributed by atoms with E-state index in [9.17, 15) is 4.79 Å². The molecule has 1 aliphatic rings. The molecule has 0 saturated carbocycles. The van der Waals surface area contributed by atoms with Gasteiger partial charge < -0.3 is 19.7 Å². The fraction of sp³-hybridized carbons (Fsp3) is 0.933. The van der Waals surface area contributed by atoms with Crippen LogP contribution in [0, 0.1) is 0 Å². The van der Waals surface area contributed by atoms with Crippen molar-refractivity contribution < 1.29 is 14.3 Å². The molecule has 0 radical (unpaired) electrons. The monoisotopic (exact) mass is 286 g/mol. The lowest BCUT2D eigenvalue weighted by atomic mass is 10.1. The van der Waals surface area contributed by atoms with Gasteiger partial charge in [0, 0.05) is 32.3 Å². The van der Waals surface area contributed by atoms with Crippen LogP contribution in [0.15, 0.2) is 0 Å². The van der Waals surface area contributed by atoms with E-state index >= 15 is 0 Å². The minimum absolute atomic E-state index is 0.159. The summed E-state index contributed by atoms with van der Waals surface area (Å²) in [6.07, 6.45) is 2.03. The zero-order valence-corrected chi connectivity index (χ0v) is 13.7. The normalized spacial score (nSPS) is 22.7. The highest BCUT2D eigenvalue weighted by atomic mass is 16.6. The highest BCUT2D eigenvalue weighted by molar-refractivity contribution is 5.69. The fourth-order valence-corrected chi connectivity index (χ4v) is 2.30. The highest BCUT2D eigenvalue weighted by Crippen LogP contribution is 2.20. The van der Waals surface area contributed by atoms with E-state index in [0.29, 0.717) is 0 Å². The van der Waals surface area contributed by atoms with Crippen molar-refractivity contribution in [2.75, 3.05) is 20.2 Å². The van der Waals surface area contributed by atoms with Crippen LogP contribution in [0.1, 0.15) is 47.5 Å². The second-order valence-corrected chi connectivity index (χ2v) is 6.61. The summed E-state index contributed by atoms with van der Waals surface area (Å²) in [6.45, 7) is 11.4. The Hall–Kier alpha value is -0.810. The van der Waals surface area contributed by atoms with Gasteiger partial charge in [-0.1, -0.05) is 0 Å². The summed E-state index contributed by atoms with van der Waals surface area (Å²) in [5, 5.41) is 3.45. The molecule has 5 heteroatoms. The van der Waals surface area contributed by atoms with Crippen molar-refractivity contribution in [2.24, 2.45) is 0 Å². The maximum absolute atomic E-state index is 12.2. The molecule has 0 aromatic rings. The van der Waals surface area contributed by atoms with Crippen molar-refractivity contribution in [3.63, 3.8) is 0 Å². The minimum atomic E-state index is -0.435. The highest BCUT2D eigenvalue weighted by Gasteiger charge is 2.32. The molecular formula is C15H30N2O3. The summed E-state index contributed by atoms with van der Waals surface area (Å²) in [5.41, 5.74) is -0.435. The first-order valence-corrected chi connectivity index (χ1v) is 7.50. The van der Waals surface area contributed by atoms with Gasteiger partial charge in [-0.05, 0) is 47.5 Å². The molecule has 1 fully saturated rings. The van der Waals surface area contributed by atoms with E-state index in [-0.39, 0.29) is 24.3 Å². The van der Waals surface area contributed by atoms with E-state index in [2.05, 4.69) is 12.2 Å². The zero-order valence-electron chi connectivity index (χ0n) is 13.7. The number of carbonyl (C=O) groups excluding carboxylic acids is 1. The first kappa shape index (κ1) is 17.2. The third kappa shape index (κ3) is 5.29. The van der Waals surface area contributed by atoms with E-state index in [4.69, 9.17) is 9.47 Å². The Morgan fingerprint density at radius 3 is 2.60 bits per heavy atom. The SMILES string of the molecule is COC(C)C(C)NCC1CCCN1C(=O)OC(C)(C)C. The number of ether oxygens (including phenoxy) is 2. The van der Waals surface area contributed by atoms with Gasteiger partial charge in [-0.25, -0.2) is 4.79 Å². The Balaban J connectivity index is 2.47. The van der Waals surface area contributed by atoms with Crippen LogP contribution in [0.3, 0.4) is 0 Å². The predicted octanol–water partition coefficient (Wildman–Crippen LogP) is 2.40. The lowest BCUT2D eigenvalue weighted by Gasteiger charge is -2.30. The van der Waals surface area contributed by atoms with Crippen LogP contribution in [0.4, 0.5) is 4.79 Å². The average Bonchev–Trinajstić information content (AvgIpc) is 2.81. The van der Waals surface area contributed by atoms with Crippen LogP contribution in [-0.4, -0.2) is 55.0 Å². The van der Waals surface area contributed by atoms with Gasteiger partial charge in [-0.2, -0.15) is 0 Å². The average molecular weight is 286 g/mol. The second-order valence-electron chi connectivity index (χ2n) is 6.61. The molecule has 1 heterocycles. The first-order valence-electron chi connectivity index (χ1n) is 7.50. The maximum atomic E-state index is 12.2. The quantitative estimate of drug-likeness (QED) is 0.843. The molecule has 1 saturated heterocycles. The van der Waals surface area contributed by atoms with Crippen molar-refractivity contribution >= 4 is 6.09 Å². The molecule has 0 spiro atoms. The Bertz CT molecular complexity index is 315. The number of carbonyl (C=O) groups is 1.